The summed E-state index contributed by atoms with van der Waals surface area (Å²) < 4.78 is 0.942. The van der Waals surface area contributed by atoms with Crippen LogP contribution in [0.5, 0.6) is 0 Å². The third-order valence-corrected chi connectivity index (χ3v) is 3.16. The fraction of sp³-hybridized carbons (Fsp3) is 0.0667. The van der Waals surface area contributed by atoms with Crippen molar-refractivity contribution < 1.29 is 9.59 Å². The lowest BCUT2D eigenvalue weighted by Crippen LogP contribution is -2.19. The molecule has 2 aromatic rings. The number of benzene rings is 2. The minimum atomic E-state index is -0.354. The summed E-state index contributed by atoms with van der Waals surface area (Å²) in [5, 5.41) is 5.40. The van der Waals surface area contributed by atoms with Crippen molar-refractivity contribution in [1.82, 2.24) is 0 Å². The minimum Gasteiger partial charge on any atom is -0.308 e. The highest BCUT2D eigenvalue weighted by atomic mass is 79.9. The average molecular weight is 333 g/mol. The molecule has 2 rings (SSSR count). The summed E-state index contributed by atoms with van der Waals surface area (Å²) in [6.07, 6.45) is 0. The van der Waals surface area contributed by atoms with Crippen LogP contribution in [0.4, 0.5) is 16.2 Å². The predicted octanol–water partition coefficient (Wildman–Crippen LogP) is 4.30. The lowest BCUT2D eigenvalue weighted by Gasteiger charge is -2.08. The molecule has 2 amide bonds. The zero-order chi connectivity index (χ0) is 14.5. The minimum absolute atomic E-state index is 0.0398. The highest BCUT2D eigenvalue weighted by Gasteiger charge is 2.05. The molecule has 102 valence electrons. The SMILES string of the molecule is CC(=O)c1cccc(NC(=O)Nc2ccc(Br)cc2)c1. The first-order valence-corrected chi connectivity index (χ1v) is 6.78. The van der Waals surface area contributed by atoms with Crippen molar-refractivity contribution in [3.05, 3.63) is 58.6 Å². The quantitative estimate of drug-likeness (QED) is 0.823. The van der Waals surface area contributed by atoms with Crippen LogP contribution in [-0.4, -0.2) is 11.8 Å². The second kappa shape index (κ2) is 6.34. The first kappa shape index (κ1) is 14.3. The average Bonchev–Trinajstić information content (AvgIpc) is 2.41. The molecule has 2 N–H and O–H groups in total. The van der Waals surface area contributed by atoms with E-state index in [4.69, 9.17) is 0 Å². The Kier molecular flexibility index (Phi) is 4.53. The number of Topliss-reactive ketones (excluding diaryl/α,β-unsaturated/α-hetero) is 1. The van der Waals surface area contributed by atoms with Gasteiger partial charge >= 0.3 is 6.03 Å². The van der Waals surface area contributed by atoms with E-state index in [0.29, 0.717) is 16.9 Å². The van der Waals surface area contributed by atoms with E-state index in [1.54, 1.807) is 36.4 Å². The molecule has 0 saturated carbocycles. The molecule has 2 aromatic carbocycles. The van der Waals surface area contributed by atoms with Crippen LogP contribution in [0.25, 0.3) is 0 Å². The maximum absolute atomic E-state index is 11.8. The summed E-state index contributed by atoms with van der Waals surface area (Å²) in [6.45, 7) is 1.49. The Labute approximate surface area is 125 Å². The Morgan fingerprint density at radius 1 is 0.950 bits per heavy atom. The molecule has 0 aliphatic carbocycles. The molecule has 0 spiro atoms. The van der Waals surface area contributed by atoms with E-state index in [2.05, 4.69) is 26.6 Å². The molecule has 20 heavy (non-hydrogen) atoms. The Balaban J connectivity index is 2.02. The zero-order valence-electron chi connectivity index (χ0n) is 10.8. The van der Waals surface area contributed by atoms with Crippen LogP contribution in [-0.2, 0) is 0 Å². The van der Waals surface area contributed by atoms with E-state index < -0.39 is 0 Å². The first-order chi connectivity index (χ1) is 9.54. The molecular weight excluding hydrogens is 320 g/mol. The van der Waals surface area contributed by atoms with Gasteiger partial charge in [-0.25, -0.2) is 4.79 Å². The van der Waals surface area contributed by atoms with Crippen molar-refractivity contribution in [2.24, 2.45) is 0 Å². The van der Waals surface area contributed by atoms with E-state index in [1.807, 2.05) is 12.1 Å². The van der Waals surface area contributed by atoms with E-state index in [0.717, 1.165) is 4.47 Å². The van der Waals surface area contributed by atoms with Crippen LogP contribution < -0.4 is 10.6 Å². The third-order valence-electron chi connectivity index (χ3n) is 2.63. The van der Waals surface area contributed by atoms with Gasteiger partial charge in [-0.15, -0.1) is 0 Å². The summed E-state index contributed by atoms with van der Waals surface area (Å²) in [5.74, 6) is -0.0398. The molecule has 0 aliphatic rings. The van der Waals surface area contributed by atoms with Gasteiger partial charge in [-0.2, -0.15) is 0 Å². The van der Waals surface area contributed by atoms with Gasteiger partial charge in [0.1, 0.15) is 0 Å². The van der Waals surface area contributed by atoms with E-state index in [-0.39, 0.29) is 11.8 Å². The van der Waals surface area contributed by atoms with Crippen LogP contribution in [0.3, 0.4) is 0 Å². The van der Waals surface area contributed by atoms with Crippen LogP contribution in [0.15, 0.2) is 53.0 Å². The molecule has 0 bridgehead atoms. The van der Waals surface area contributed by atoms with E-state index in [1.165, 1.54) is 6.92 Å². The van der Waals surface area contributed by atoms with Crippen molar-refractivity contribution in [1.29, 1.82) is 0 Å². The van der Waals surface area contributed by atoms with E-state index >= 15 is 0 Å². The van der Waals surface area contributed by atoms with Crippen molar-refractivity contribution in [2.45, 2.75) is 6.92 Å². The molecule has 0 heterocycles. The summed E-state index contributed by atoms with van der Waals surface area (Å²) in [4.78, 5) is 23.1. The van der Waals surface area contributed by atoms with Crippen LogP contribution in [0.2, 0.25) is 0 Å². The maximum atomic E-state index is 11.8. The summed E-state index contributed by atoms with van der Waals surface area (Å²) in [5.41, 5.74) is 1.83. The van der Waals surface area contributed by atoms with Crippen molar-refractivity contribution in [3.8, 4) is 0 Å². The number of carbonyl (C=O) groups is 2. The number of ketones is 1. The largest absolute Gasteiger partial charge is 0.323 e. The topological polar surface area (TPSA) is 58.2 Å². The normalized spacial score (nSPS) is 9.90. The molecule has 0 radical (unpaired) electrons. The highest BCUT2D eigenvalue weighted by Crippen LogP contribution is 2.15. The van der Waals surface area contributed by atoms with Crippen LogP contribution in [0, 0.1) is 0 Å². The van der Waals surface area contributed by atoms with Gasteiger partial charge in [-0.1, -0.05) is 28.1 Å². The Morgan fingerprint density at radius 3 is 2.25 bits per heavy atom. The second-order valence-corrected chi connectivity index (χ2v) is 5.14. The van der Waals surface area contributed by atoms with Gasteiger partial charge in [0.25, 0.3) is 0 Å². The summed E-state index contributed by atoms with van der Waals surface area (Å²) in [6, 6.07) is 13.7. The molecule has 0 saturated heterocycles. The Morgan fingerprint density at radius 2 is 1.60 bits per heavy atom. The second-order valence-electron chi connectivity index (χ2n) is 4.22. The fourth-order valence-corrected chi connectivity index (χ4v) is 1.91. The standard InChI is InChI=1S/C15H13BrN2O2/c1-10(19)11-3-2-4-14(9-11)18-15(20)17-13-7-5-12(16)6-8-13/h2-9H,1H3,(H2,17,18,20). The predicted molar refractivity (Wildman–Crippen MR) is 83.2 cm³/mol. The van der Waals surface area contributed by atoms with Crippen LogP contribution >= 0.6 is 15.9 Å². The van der Waals surface area contributed by atoms with Crippen molar-refractivity contribution >= 4 is 39.1 Å². The Hall–Kier alpha value is -2.14. The van der Waals surface area contributed by atoms with Crippen molar-refractivity contribution in [2.75, 3.05) is 10.6 Å². The van der Waals surface area contributed by atoms with Gasteiger partial charge in [0.15, 0.2) is 5.78 Å². The summed E-state index contributed by atoms with van der Waals surface area (Å²) >= 11 is 3.33. The number of nitrogens with one attached hydrogen (secondary N) is 2. The smallest absolute Gasteiger partial charge is 0.308 e. The highest BCUT2D eigenvalue weighted by molar-refractivity contribution is 9.10. The monoisotopic (exact) mass is 332 g/mol. The number of urea groups is 1. The zero-order valence-corrected chi connectivity index (χ0v) is 12.4. The number of halogens is 1. The summed E-state index contributed by atoms with van der Waals surface area (Å²) in [7, 11) is 0. The molecule has 0 fully saturated rings. The number of hydrogen-bond donors (Lipinski definition) is 2. The number of amides is 2. The molecule has 4 nitrogen and oxygen atoms in total. The number of anilines is 2. The van der Waals surface area contributed by atoms with Gasteiger partial charge < -0.3 is 10.6 Å². The van der Waals surface area contributed by atoms with E-state index in [9.17, 15) is 9.59 Å². The molecule has 0 aromatic heterocycles. The number of carbonyl (C=O) groups excluding carboxylic acids is 2. The maximum Gasteiger partial charge on any atom is 0.323 e. The number of hydrogen-bond acceptors (Lipinski definition) is 2. The number of rotatable bonds is 3. The third kappa shape index (κ3) is 3.93. The molecule has 5 heteroatoms. The Bertz CT molecular complexity index is 639. The lowest BCUT2D eigenvalue weighted by molar-refractivity contribution is 0.101. The van der Waals surface area contributed by atoms with Gasteiger partial charge in [-0.05, 0) is 43.3 Å². The first-order valence-electron chi connectivity index (χ1n) is 5.99. The van der Waals surface area contributed by atoms with Gasteiger partial charge in [0, 0.05) is 21.4 Å². The van der Waals surface area contributed by atoms with Crippen molar-refractivity contribution in [3.63, 3.8) is 0 Å². The van der Waals surface area contributed by atoms with Gasteiger partial charge in [-0.3, -0.25) is 4.79 Å². The molecular formula is C15H13BrN2O2. The van der Waals surface area contributed by atoms with Gasteiger partial charge in [0.05, 0.1) is 0 Å². The molecule has 0 atom stereocenters. The van der Waals surface area contributed by atoms with Crippen LogP contribution in [0.1, 0.15) is 17.3 Å². The fourth-order valence-electron chi connectivity index (χ4n) is 1.64. The molecule has 0 aliphatic heterocycles. The van der Waals surface area contributed by atoms with Gasteiger partial charge in [0.2, 0.25) is 0 Å². The lowest BCUT2D eigenvalue weighted by atomic mass is 10.1. The molecule has 0 unspecified atom stereocenters.